The molecule has 0 radical (unpaired) electrons. The number of para-hydroxylation sites is 1. The number of anilines is 1. The van der Waals surface area contributed by atoms with Crippen LogP contribution in [0.15, 0.2) is 72.8 Å². The van der Waals surface area contributed by atoms with E-state index in [9.17, 15) is 9.59 Å². The molecule has 1 amide bonds. The molecule has 0 aromatic heterocycles. The molecule has 0 aliphatic carbocycles. The minimum Gasteiger partial charge on any atom is -0.482 e. The summed E-state index contributed by atoms with van der Waals surface area (Å²) >= 11 is 0. The predicted molar refractivity (Wildman–Crippen MR) is 117 cm³/mol. The van der Waals surface area contributed by atoms with Crippen molar-refractivity contribution in [3.05, 3.63) is 83.9 Å². The highest BCUT2D eigenvalue weighted by molar-refractivity contribution is 5.98. The number of hydrogen-bond acceptors (Lipinski definition) is 4. The van der Waals surface area contributed by atoms with Gasteiger partial charge in [0.15, 0.2) is 12.7 Å². The van der Waals surface area contributed by atoms with Crippen molar-refractivity contribution < 1.29 is 19.1 Å². The lowest BCUT2D eigenvalue weighted by Gasteiger charge is -2.16. The molecule has 1 atom stereocenters. The van der Waals surface area contributed by atoms with Crippen LogP contribution in [0.2, 0.25) is 0 Å². The molecule has 0 bridgehead atoms. The summed E-state index contributed by atoms with van der Waals surface area (Å²) in [5.74, 6) is -0.390. The zero-order valence-electron chi connectivity index (χ0n) is 17.3. The molecule has 0 saturated carbocycles. The van der Waals surface area contributed by atoms with Crippen LogP contribution in [0.5, 0.6) is 5.75 Å². The van der Waals surface area contributed by atoms with Gasteiger partial charge >= 0.3 is 5.97 Å². The van der Waals surface area contributed by atoms with Crippen LogP contribution in [0.25, 0.3) is 11.1 Å². The number of carbonyl (C=O) groups excluding carboxylic acids is 2. The maximum absolute atomic E-state index is 12.6. The molecule has 0 aliphatic rings. The third-order valence-corrected chi connectivity index (χ3v) is 4.62. The van der Waals surface area contributed by atoms with Gasteiger partial charge in [0.2, 0.25) is 0 Å². The summed E-state index contributed by atoms with van der Waals surface area (Å²) in [6.07, 6.45) is -0.955. The van der Waals surface area contributed by atoms with Crippen LogP contribution >= 0.6 is 0 Å². The second kappa shape index (κ2) is 9.74. The maximum atomic E-state index is 12.6. The first-order valence-corrected chi connectivity index (χ1v) is 9.79. The van der Waals surface area contributed by atoms with E-state index in [0.29, 0.717) is 11.4 Å². The molecule has 0 unspecified atom stereocenters. The van der Waals surface area contributed by atoms with E-state index in [1.54, 1.807) is 0 Å². The summed E-state index contributed by atoms with van der Waals surface area (Å²) < 4.78 is 10.8. The summed E-state index contributed by atoms with van der Waals surface area (Å²) in [4.78, 5) is 24.7. The van der Waals surface area contributed by atoms with E-state index in [4.69, 9.17) is 9.47 Å². The lowest BCUT2D eigenvalue weighted by Crippen LogP contribution is -2.31. The number of esters is 1. The van der Waals surface area contributed by atoms with Gasteiger partial charge in [0.1, 0.15) is 5.75 Å². The average molecular weight is 403 g/mol. The highest BCUT2D eigenvalue weighted by Crippen LogP contribution is 2.27. The van der Waals surface area contributed by atoms with Gasteiger partial charge in [0, 0.05) is 11.3 Å². The first-order chi connectivity index (χ1) is 14.4. The smallest absolute Gasteiger partial charge is 0.344 e. The number of carbonyl (C=O) groups is 2. The largest absolute Gasteiger partial charge is 0.482 e. The Morgan fingerprint density at radius 1 is 0.933 bits per heavy atom. The predicted octanol–water partition coefficient (Wildman–Crippen LogP) is 4.92. The third-order valence-electron chi connectivity index (χ3n) is 4.62. The second-order valence-electron chi connectivity index (χ2n) is 7.09. The number of ether oxygens (including phenoxy) is 2. The first kappa shape index (κ1) is 21.1. The van der Waals surface area contributed by atoms with E-state index >= 15 is 0 Å². The number of rotatable bonds is 7. The topological polar surface area (TPSA) is 64.6 Å². The Morgan fingerprint density at radius 3 is 2.37 bits per heavy atom. The van der Waals surface area contributed by atoms with Crippen LogP contribution in [-0.4, -0.2) is 24.6 Å². The highest BCUT2D eigenvalue weighted by atomic mass is 16.6. The fourth-order valence-electron chi connectivity index (χ4n) is 3.08. The first-order valence-electron chi connectivity index (χ1n) is 9.79. The Balaban J connectivity index is 1.58. The zero-order chi connectivity index (χ0) is 21.5. The summed E-state index contributed by atoms with van der Waals surface area (Å²) in [7, 11) is 0. The van der Waals surface area contributed by atoms with Gasteiger partial charge in [-0.1, -0.05) is 66.2 Å². The van der Waals surface area contributed by atoms with Crippen LogP contribution in [-0.2, 0) is 14.3 Å². The number of hydrogen-bond donors (Lipinski definition) is 1. The lowest BCUT2D eigenvalue weighted by molar-refractivity contribution is -0.155. The van der Waals surface area contributed by atoms with Crippen molar-refractivity contribution in [3.63, 3.8) is 0 Å². The van der Waals surface area contributed by atoms with Crippen molar-refractivity contribution in [1.82, 2.24) is 0 Å². The standard InChI is InChI=1S/C25H25NO4/c1-17-13-14-23(18(2)15-17)29-16-24(27)30-19(3)25(28)26-22-12-8-7-11-21(22)20-9-5-4-6-10-20/h4-15,19H,16H2,1-3H3,(H,26,28)/t19-/m1/s1. The van der Waals surface area contributed by atoms with Crippen molar-refractivity contribution in [2.24, 2.45) is 0 Å². The van der Waals surface area contributed by atoms with Crippen LogP contribution in [0.3, 0.4) is 0 Å². The minimum atomic E-state index is -0.955. The molecule has 0 aliphatic heterocycles. The van der Waals surface area contributed by atoms with Gasteiger partial charge in [-0.3, -0.25) is 4.79 Å². The van der Waals surface area contributed by atoms with Crippen molar-refractivity contribution in [3.8, 4) is 16.9 Å². The third kappa shape index (κ3) is 5.47. The van der Waals surface area contributed by atoms with Gasteiger partial charge < -0.3 is 14.8 Å². The number of nitrogens with one attached hydrogen (secondary N) is 1. The quantitative estimate of drug-likeness (QED) is 0.569. The Hall–Kier alpha value is -3.60. The van der Waals surface area contributed by atoms with Crippen molar-refractivity contribution in [2.45, 2.75) is 26.9 Å². The Labute approximate surface area is 176 Å². The number of aryl methyl sites for hydroxylation is 2. The van der Waals surface area contributed by atoms with E-state index < -0.39 is 18.0 Å². The summed E-state index contributed by atoms with van der Waals surface area (Å²) in [5.41, 5.74) is 4.58. The Bertz CT molecular complexity index is 1030. The van der Waals surface area contributed by atoms with Crippen LogP contribution < -0.4 is 10.1 Å². The zero-order valence-corrected chi connectivity index (χ0v) is 17.3. The molecule has 5 nitrogen and oxygen atoms in total. The lowest BCUT2D eigenvalue weighted by atomic mass is 10.0. The van der Waals surface area contributed by atoms with Gasteiger partial charge in [0.25, 0.3) is 5.91 Å². The van der Waals surface area contributed by atoms with Gasteiger partial charge in [0.05, 0.1) is 0 Å². The molecular formula is C25H25NO4. The molecule has 30 heavy (non-hydrogen) atoms. The SMILES string of the molecule is Cc1ccc(OCC(=O)O[C@H](C)C(=O)Nc2ccccc2-c2ccccc2)c(C)c1. The van der Waals surface area contributed by atoms with E-state index in [1.807, 2.05) is 86.6 Å². The summed E-state index contributed by atoms with van der Waals surface area (Å²) in [6, 6.07) is 23.0. The van der Waals surface area contributed by atoms with Crippen LogP contribution in [0.4, 0.5) is 5.69 Å². The van der Waals surface area contributed by atoms with Gasteiger partial charge in [-0.05, 0) is 44.0 Å². The van der Waals surface area contributed by atoms with Gasteiger partial charge in [-0.2, -0.15) is 0 Å². The molecule has 0 saturated heterocycles. The molecule has 5 heteroatoms. The van der Waals surface area contributed by atoms with E-state index in [1.165, 1.54) is 6.92 Å². The van der Waals surface area contributed by atoms with Gasteiger partial charge in [-0.15, -0.1) is 0 Å². The fraction of sp³-hybridized carbons (Fsp3) is 0.200. The molecule has 3 aromatic carbocycles. The van der Waals surface area contributed by atoms with E-state index in [0.717, 1.165) is 22.3 Å². The van der Waals surface area contributed by atoms with Gasteiger partial charge in [-0.25, -0.2) is 4.79 Å². The Kier molecular flexibility index (Phi) is 6.86. The van der Waals surface area contributed by atoms with Crippen LogP contribution in [0.1, 0.15) is 18.1 Å². The van der Waals surface area contributed by atoms with E-state index in [-0.39, 0.29) is 6.61 Å². The average Bonchev–Trinajstić information content (AvgIpc) is 2.74. The summed E-state index contributed by atoms with van der Waals surface area (Å²) in [5, 5.41) is 2.85. The normalized spacial score (nSPS) is 11.4. The van der Waals surface area contributed by atoms with Crippen molar-refractivity contribution in [2.75, 3.05) is 11.9 Å². The van der Waals surface area contributed by atoms with Crippen molar-refractivity contribution in [1.29, 1.82) is 0 Å². The molecule has 154 valence electrons. The minimum absolute atomic E-state index is 0.262. The molecule has 0 fully saturated rings. The molecule has 0 spiro atoms. The van der Waals surface area contributed by atoms with Crippen LogP contribution in [0, 0.1) is 13.8 Å². The second-order valence-corrected chi connectivity index (χ2v) is 7.09. The molecule has 3 aromatic rings. The summed E-state index contributed by atoms with van der Waals surface area (Å²) in [6.45, 7) is 5.17. The Morgan fingerprint density at radius 2 is 1.63 bits per heavy atom. The molecule has 1 N–H and O–H groups in total. The monoisotopic (exact) mass is 403 g/mol. The van der Waals surface area contributed by atoms with E-state index in [2.05, 4.69) is 5.32 Å². The van der Waals surface area contributed by atoms with Crippen molar-refractivity contribution >= 4 is 17.6 Å². The molecular weight excluding hydrogens is 378 g/mol. The molecule has 3 rings (SSSR count). The highest BCUT2D eigenvalue weighted by Gasteiger charge is 2.19. The fourth-order valence-corrected chi connectivity index (χ4v) is 3.08. The number of amides is 1. The maximum Gasteiger partial charge on any atom is 0.344 e. The number of benzene rings is 3. The molecule has 0 heterocycles.